The Balaban J connectivity index is 1.72. The minimum absolute atomic E-state index is 0.126. The summed E-state index contributed by atoms with van der Waals surface area (Å²) in [5, 5.41) is 9.00. The van der Waals surface area contributed by atoms with Crippen LogP contribution < -0.4 is 4.90 Å². The van der Waals surface area contributed by atoms with Crippen molar-refractivity contribution in [1.82, 2.24) is 20.2 Å². The third-order valence-corrected chi connectivity index (χ3v) is 5.64. The minimum Gasteiger partial charge on any atom is -0.337 e. The quantitative estimate of drug-likeness (QED) is 0.541. The van der Waals surface area contributed by atoms with Gasteiger partial charge in [-0.15, -0.1) is 0 Å². The number of nitrogens with one attached hydrogen (secondary N) is 2. The molecule has 0 radical (unpaired) electrons. The Morgan fingerprint density at radius 3 is 2.78 bits per heavy atom. The Hall–Kier alpha value is -2.86. The number of aromatic nitrogens is 4. The Bertz CT molecular complexity index is 1240. The Labute approximate surface area is 160 Å². The molecule has 1 amide bonds. The molecule has 3 heterocycles. The first-order valence-corrected chi connectivity index (χ1v) is 9.28. The van der Waals surface area contributed by atoms with Crippen LogP contribution in [-0.2, 0) is 10.2 Å². The molecule has 0 fully saturated rings. The van der Waals surface area contributed by atoms with Gasteiger partial charge in [0.05, 0.1) is 27.7 Å². The second-order valence-electron chi connectivity index (χ2n) is 7.41. The highest BCUT2D eigenvalue weighted by atomic mass is 35.5. The van der Waals surface area contributed by atoms with Crippen LogP contribution in [0.25, 0.3) is 33.5 Å². The maximum atomic E-state index is 12.7. The molecule has 5 rings (SSSR count). The van der Waals surface area contributed by atoms with Gasteiger partial charge in [0.1, 0.15) is 5.69 Å². The summed E-state index contributed by atoms with van der Waals surface area (Å²) in [6, 6.07) is 9.63. The molecule has 0 spiro atoms. The molecule has 0 saturated carbocycles. The summed E-state index contributed by atoms with van der Waals surface area (Å²) in [7, 11) is 0. The van der Waals surface area contributed by atoms with Crippen molar-refractivity contribution in [1.29, 1.82) is 0 Å². The molecule has 7 heteroatoms. The van der Waals surface area contributed by atoms with Crippen molar-refractivity contribution in [2.75, 3.05) is 11.4 Å². The average Bonchev–Trinajstić information content (AvgIpc) is 3.27. The Morgan fingerprint density at radius 1 is 1.19 bits per heavy atom. The van der Waals surface area contributed by atoms with Crippen LogP contribution in [0.1, 0.15) is 26.3 Å². The standard InChI is InChI=1S/C20H18ClN5O/c1-4-26-16-9-15-14(8-12(16)20(2,3)19(26)27)22-18(23-15)17-11-7-10(21)5-6-13(11)24-25-17/h5-9H,4H2,1-3H3,(H,22,23)(H,24,25). The highest BCUT2D eigenvalue weighted by molar-refractivity contribution is 6.31. The van der Waals surface area contributed by atoms with Gasteiger partial charge in [-0.1, -0.05) is 11.6 Å². The van der Waals surface area contributed by atoms with Crippen LogP contribution >= 0.6 is 11.6 Å². The molecule has 1 aliphatic heterocycles. The van der Waals surface area contributed by atoms with Crippen LogP contribution in [0.2, 0.25) is 5.02 Å². The van der Waals surface area contributed by atoms with Crippen molar-refractivity contribution in [3.63, 3.8) is 0 Å². The number of hydrogen-bond acceptors (Lipinski definition) is 3. The van der Waals surface area contributed by atoms with Gasteiger partial charge in [-0.25, -0.2) is 4.98 Å². The van der Waals surface area contributed by atoms with Crippen LogP contribution in [0.15, 0.2) is 30.3 Å². The number of anilines is 1. The van der Waals surface area contributed by atoms with Crippen LogP contribution in [-0.4, -0.2) is 32.6 Å². The fourth-order valence-electron chi connectivity index (χ4n) is 3.92. The van der Waals surface area contributed by atoms with E-state index >= 15 is 0 Å². The number of halogens is 1. The van der Waals surface area contributed by atoms with Gasteiger partial charge in [-0.2, -0.15) is 5.10 Å². The average molecular weight is 380 g/mol. The zero-order chi connectivity index (χ0) is 18.9. The SMILES string of the molecule is CCN1C(=O)C(C)(C)c2cc3[nH]c(-c4n[nH]c5ccc(Cl)cc45)nc3cc21. The molecule has 1 aliphatic rings. The van der Waals surface area contributed by atoms with Gasteiger partial charge in [-0.05, 0) is 56.7 Å². The molecular weight excluding hydrogens is 362 g/mol. The lowest BCUT2D eigenvalue weighted by Crippen LogP contribution is -2.35. The van der Waals surface area contributed by atoms with Crippen LogP contribution in [0.4, 0.5) is 5.69 Å². The number of imidazole rings is 1. The number of carbonyl (C=O) groups is 1. The molecule has 136 valence electrons. The molecular formula is C20H18ClN5O. The summed E-state index contributed by atoms with van der Waals surface area (Å²) < 4.78 is 0. The fourth-order valence-corrected chi connectivity index (χ4v) is 4.10. The summed E-state index contributed by atoms with van der Waals surface area (Å²) in [6.07, 6.45) is 0. The Morgan fingerprint density at radius 2 is 2.00 bits per heavy atom. The predicted octanol–water partition coefficient (Wildman–Crippen LogP) is 4.40. The molecule has 0 atom stereocenters. The molecule has 2 aromatic carbocycles. The van der Waals surface area contributed by atoms with Crippen molar-refractivity contribution in [2.24, 2.45) is 0 Å². The first kappa shape index (κ1) is 16.3. The second-order valence-corrected chi connectivity index (χ2v) is 7.84. The molecule has 2 N–H and O–H groups in total. The smallest absolute Gasteiger partial charge is 0.237 e. The number of carbonyl (C=O) groups excluding carboxylic acids is 1. The van der Waals surface area contributed by atoms with Crippen LogP contribution in [0.3, 0.4) is 0 Å². The predicted molar refractivity (Wildman–Crippen MR) is 107 cm³/mol. The summed E-state index contributed by atoms with van der Waals surface area (Å²) >= 11 is 6.15. The molecule has 4 aromatic rings. The number of aromatic amines is 2. The molecule has 2 aromatic heterocycles. The van der Waals surface area contributed by atoms with Crippen molar-refractivity contribution in [2.45, 2.75) is 26.2 Å². The van der Waals surface area contributed by atoms with E-state index in [1.807, 2.05) is 56.0 Å². The first-order valence-electron chi connectivity index (χ1n) is 8.90. The van der Waals surface area contributed by atoms with E-state index in [0.717, 1.165) is 38.9 Å². The van der Waals surface area contributed by atoms with Gasteiger partial charge in [0, 0.05) is 17.0 Å². The van der Waals surface area contributed by atoms with Crippen LogP contribution in [0, 0.1) is 0 Å². The van der Waals surface area contributed by atoms with E-state index in [4.69, 9.17) is 16.6 Å². The van der Waals surface area contributed by atoms with E-state index in [0.29, 0.717) is 17.4 Å². The van der Waals surface area contributed by atoms with Gasteiger partial charge >= 0.3 is 0 Å². The lowest BCUT2D eigenvalue weighted by Gasteiger charge is -2.18. The van der Waals surface area contributed by atoms with E-state index in [9.17, 15) is 4.79 Å². The highest BCUT2D eigenvalue weighted by Gasteiger charge is 2.43. The fraction of sp³-hybridized carbons (Fsp3) is 0.250. The third-order valence-electron chi connectivity index (χ3n) is 5.41. The number of nitrogens with zero attached hydrogens (tertiary/aromatic N) is 3. The Kier molecular flexibility index (Phi) is 3.22. The number of likely N-dealkylation sites (N-methyl/N-ethyl adjacent to an activating group) is 1. The van der Waals surface area contributed by atoms with Gasteiger partial charge in [0.2, 0.25) is 5.91 Å². The third kappa shape index (κ3) is 2.16. The van der Waals surface area contributed by atoms with E-state index < -0.39 is 5.41 Å². The molecule has 0 bridgehead atoms. The van der Waals surface area contributed by atoms with E-state index in [1.165, 1.54) is 0 Å². The van der Waals surface area contributed by atoms with Crippen molar-refractivity contribution < 1.29 is 4.79 Å². The van der Waals surface area contributed by atoms with Crippen molar-refractivity contribution in [3.05, 3.63) is 40.9 Å². The second kappa shape index (κ2) is 5.33. The zero-order valence-electron chi connectivity index (χ0n) is 15.2. The lowest BCUT2D eigenvalue weighted by molar-refractivity contribution is -0.122. The number of H-pyrrole nitrogens is 2. The maximum Gasteiger partial charge on any atom is 0.237 e. The van der Waals surface area contributed by atoms with E-state index in [2.05, 4.69) is 15.2 Å². The lowest BCUT2D eigenvalue weighted by atomic mass is 9.86. The monoisotopic (exact) mass is 379 g/mol. The van der Waals surface area contributed by atoms with Gasteiger partial charge < -0.3 is 9.88 Å². The van der Waals surface area contributed by atoms with Crippen molar-refractivity contribution in [3.8, 4) is 11.5 Å². The summed E-state index contributed by atoms with van der Waals surface area (Å²) in [6.45, 7) is 6.57. The molecule has 0 aliphatic carbocycles. The molecule has 0 unspecified atom stereocenters. The number of fused-ring (bicyclic) bond motifs is 3. The van der Waals surface area contributed by atoms with Gasteiger partial charge in [0.15, 0.2) is 5.82 Å². The first-order chi connectivity index (χ1) is 12.9. The van der Waals surface area contributed by atoms with Gasteiger partial charge in [-0.3, -0.25) is 9.89 Å². The van der Waals surface area contributed by atoms with Gasteiger partial charge in [0.25, 0.3) is 0 Å². The number of amides is 1. The number of benzene rings is 2. The topological polar surface area (TPSA) is 77.7 Å². The zero-order valence-corrected chi connectivity index (χ0v) is 16.0. The number of rotatable bonds is 2. The largest absolute Gasteiger partial charge is 0.337 e. The summed E-state index contributed by atoms with van der Waals surface area (Å²) in [5.41, 5.74) is 4.75. The summed E-state index contributed by atoms with van der Waals surface area (Å²) in [4.78, 5) is 22.6. The molecule has 0 saturated heterocycles. The normalized spacial score (nSPS) is 15.9. The summed E-state index contributed by atoms with van der Waals surface area (Å²) in [5.74, 6) is 0.801. The molecule has 27 heavy (non-hydrogen) atoms. The minimum atomic E-state index is -0.544. The van der Waals surface area contributed by atoms with E-state index in [-0.39, 0.29) is 5.91 Å². The number of hydrogen-bond donors (Lipinski definition) is 2. The van der Waals surface area contributed by atoms with Crippen LogP contribution in [0.5, 0.6) is 0 Å². The highest BCUT2D eigenvalue weighted by Crippen LogP contribution is 2.43. The van der Waals surface area contributed by atoms with E-state index in [1.54, 1.807) is 0 Å². The maximum absolute atomic E-state index is 12.7. The molecule has 6 nitrogen and oxygen atoms in total. The van der Waals surface area contributed by atoms with Crippen molar-refractivity contribution >= 4 is 45.1 Å².